The van der Waals surface area contributed by atoms with Crippen molar-refractivity contribution in [2.24, 2.45) is 0 Å². The van der Waals surface area contributed by atoms with Crippen LogP contribution in [0.15, 0.2) is 42.5 Å². The Morgan fingerprint density at radius 3 is 2.15 bits per heavy atom. The molecule has 4 rings (SSSR count). The largest absolute Gasteiger partial charge is 0.543 e. The van der Waals surface area contributed by atoms with Crippen molar-refractivity contribution in [2.75, 3.05) is 13.2 Å². The predicted molar refractivity (Wildman–Crippen MR) is 109 cm³/mol. The Labute approximate surface area is 156 Å². The number of benzene rings is 2. The Kier molecular flexibility index (Phi) is 3.92. The van der Waals surface area contributed by atoms with Gasteiger partial charge in [0.2, 0.25) is 8.32 Å². The summed E-state index contributed by atoms with van der Waals surface area (Å²) in [4.78, 5) is 0. The monoisotopic (exact) mass is 366 g/mol. The van der Waals surface area contributed by atoms with Crippen molar-refractivity contribution in [2.45, 2.75) is 38.9 Å². The lowest BCUT2D eigenvalue weighted by Crippen LogP contribution is -2.43. The SMILES string of the molecule is CC(C)(C)[Si](C)(C)Oc1ccc2c(c1)OCC1=C2COc2ccccc21. The van der Waals surface area contributed by atoms with E-state index >= 15 is 0 Å². The molecule has 0 saturated carbocycles. The van der Waals surface area contributed by atoms with Gasteiger partial charge in [0.05, 0.1) is 0 Å². The molecule has 0 aliphatic carbocycles. The maximum absolute atomic E-state index is 6.44. The van der Waals surface area contributed by atoms with Gasteiger partial charge >= 0.3 is 0 Å². The lowest BCUT2D eigenvalue weighted by Gasteiger charge is -2.37. The maximum atomic E-state index is 6.44. The van der Waals surface area contributed by atoms with Crippen molar-refractivity contribution in [3.8, 4) is 17.2 Å². The van der Waals surface area contributed by atoms with Crippen molar-refractivity contribution in [1.82, 2.24) is 0 Å². The molecule has 4 heteroatoms. The quantitative estimate of drug-likeness (QED) is 0.632. The minimum Gasteiger partial charge on any atom is -0.543 e. The van der Waals surface area contributed by atoms with Crippen molar-refractivity contribution >= 4 is 19.5 Å². The van der Waals surface area contributed by atoms with E-state index in [4.69, 9.17) is 13.9 Å². The summed E-state index contributed by atoms with van der Waals surface area (Å²) < 4.78 is 18.5. The van der Waals surface area contributed by atoms with Crippen molar-refractivity contribution in [1.29, 1.82) is 0 Å². The van der Waals surface area contributed by atoms with Crippen LogP contribution < -0.4 is 13.9 Å². The molecule has 0 radical (unpaired) electrons. The van der Waals surface area contributed by atoms with E-state index in [0.29, 0.717) is 13.2 Å². The van der Waals surface area contributed by atoms with E-state index in [1.165, 1.54) is 11.1 Å². The molecule has 0 unspecified atom stereocenters. The average molecular weight is 367 g/mol. The molecule has 0 fully saturated rings. The molecule has 2 aromatic rings. The Morgan fingerprint density at radius 1 is 0.846 bits per heavy atom. The summed E-state index contributed by atoms with van der Waals surface area (Å²) in [6.45, 7) is 12.4. The Balaban J connectivity index is 1.69. The molecule has 0 spiro atoms. The molecule has 0 saturated heterocycles. The van der Waals surface area contributed by atoms with Gasteiger partial charge < -0.3 is 13.9 Å². The zero-order valence-electron chi connectivity index (χ0n) is 16.2. The summed E-state index contributed by atoms with van der Waals surface area (Å²) in [5.41, 5.74) is 4.71. The molecule has 0 aromatic heterocycles. The normalized spacial score (nSPS) is 16.0. The van der Waals surface area contributed by atoms with Crippen LogP contribution in [0.5, 0.6) is 17.2 Å². The van der Waals surface area contributed by atoms with Crippen LogP contribution >= 0.6 is 0 Å². The second-order valence-electron chi connectivity index (χ2n) is 8.55. The van der Waals surface area contributed by atoms with Crippen LogP contribution in [0.4, 0.5) is 0 Å². The van der Waals surface area contributed by atoms with Crippen LogP contribution in [0.2, 0.25) is 18.1 Å². The Hall–Kier alpha value is -2.20. The van der Waals surface area contributed by atoms with E-state index in [2.05, 4.69) is 52.1 Å². The topological polar surface area (TPSA) is 27.7 Å². The smallest absolute Gasteiger partial charge is 0.250 e. The molecule has 0 bridgehead atoms. The van der Waals surface area contributed by atoms with E-state index in [-0.39, 0.29) is 5.04 Å². The van der Waals surface area contributed by atoms with Crippen LogP contribution in [0, 0.1) is 0 Å². The number of fused-ring (bicyclic) bond motifs is 4. The van der Waals surface area contributed by atoms with Gasteiger partial charge in [-0.25, -0.2) is 0 Å². The fourth-order valence-electron chi connectivity index (χ4n) is 3.18. The van der Waals surface area contributed by atoms with E-state index < -0.39 is 8.32 Å². The van der Waals surface area contributed by atoms with Crippen LogP contribution in [-0.2, 0) is 0 Å². The van der Waals surface area contributed by atoms with Gasteiger partial charge in [-0.05, 0) is 36.3 Å². The molecule has 2 aromatic carbocycles. The molecular weight excluding hydrogens is 340 g/mol. The standard InChI is InChI=1S/C22H26O3Si/c1-22(2,3)26(4,5)25-15-10-11-17-19-13-23-20-9-7-6-8-16(20)18(19)14-24-21(17)12-15/h6-12H,13-14H2,1-5H3. The molecule has 2 heterocycles. The van der Waals surface area contributed by atoms with Gasteiger partial charge in [0, 0.05) is 28.3 Å². The second kappa shape index (κ2) is 5.91. The number of hydrogen-bond donors (Lipinski definition) is 0. The summed E-state index contributed by atoms with van der Waals surface area (Å²) in [6.07, 6.45) is 0. The fourth-order valence-corrected chi connectivity index (χ4v) is 4.20. The van der Waals surface area contributed by atoms with Gasteiger partial charge in [-0.3, -0.25) is 0 Å². The third kappa shape index (κ3) is 2.82. The number of para-hydroxylation sites is 1. The van der Waals surface area contributed by atoms with E-state index in [0.717, 1.165) is 28.4 Å². The first-order valence-electron chi connectivity index (χ1n) is 9.17. The highest BCUT2D eigenvalue weighted by Crippen LogP contribution is 2.45. The van der Waals surface area contributed by atoms with Gasteiger partial charge in [0.1, 0.15) is 30.5 Å². The molecule has 0 amide bonds. The first kappa shape index (κ1) is 17.2. The number of rotatable bonds is 2. The van der Waals surface area contributed by atoms with E-state index in [9.17, 15) is 0 Å². The van der Waals surface area contributed by atoms with Crippen LogP contribution in [-0.4, -0.2) is 21.5 Å². The van der Waals surface area contributed by atoms with Crippen molar-refractivity contribution in [3.63, 3.8) is 0 Å². The van der Waals surface area contributed by atoms with Crippen LogP contribution in [0.3, 0.4) is 0 Å². The molecule has 26 heavy (non-hydrogen) atoms. The third-order valence-electron chi connectivity index (χ3n) is 5.78. The van der Waals surface area contributed by atoms with Gasteiger partial charge in [-0.1, -0.05) is 39.0 Å². The Bertz CT molecular complexity index is 891. The lowest BCUT2D eigenvalue weighted by atomic mass is 9.91. The summed E-state index contributed by atoms with van der Waals surface area (Å²) in [5.74, 6) is 2.73. The minimum atomic E-state index is -1.87. The van der Waals surface area contributed by atoms with Crippen molar-refractivity contribution in [3.05, 3.63) is 53.6 Å². The molecular formula is C22H26O3Si. The van der Waals surface area contributed by atoms with Crippen LogP contribution in [0.25, 0.3) is 11.1 Å². The summed E-state index contributed by atoms with van der Waals surface area (Å²) in [5, 5.41) is 0.167. The summed E-state index contributed by atoms with van der Waals surface area (Å²) in [7, 11) is -1.87. The zero-order valence-corrected chi connectivity index (χ0v) is 17.2. The average Bonchev–Trinajstić information content (AvgIpc) is 2.59. The molecule has 0 atom stereocenters. The molecule has 136 valence electrons. The van der Waals surface area contributed by atoms with Gasteiger partial charge in [0.25, 0.3) is 0 Å². The summed E-state index contributed by atoms with van der Waals surface area (Å²) in [6, 6.07) is 14.4. The van der Waals surface area contributed by atoms with Gasteiger partial charge in [-0.15, -0.1) is 0 Å². The van der Waals surface area contributed by atoms with Crippen molar-refractivity contribution < 1.29 is 13.9 Å². The highest BCUT2D eigenvalue weighted by atomic mass is 28.4. The fraction of sp³-hybridized carbons (Fsp3) is 0.364. The van der Waals surface area contributed by atoms with Crippen LogP contribution in [0.1, 0.15) is 31.9 Å². The predicted octanol–water partition coefficient (Wildman–Crippen LogP) is 5.77. The number of ether oxygens (including phenoxy) is 2. The molecule has 2 aliphatic rings. The van der Waals surface area contributed by atoms with E-state index in [1.54, 1.807) is 0 Å². The van der Waals surface area contributed by atoms with Gasteiger partial charge in [0.15, 0.2) is 0 Å². The van der Waals surface area contributed by atoms with Gasteiger partial charge in [-0.2, -0.15) is 0 Å². The maximum Gasteiger partial charge on any atom is 0.250 e. The molecule has 3 nitrogen and oxygen atoms in total. The van der Waals surface area contributed by atoms with E-state index in [1.807, 2.05) is 24.3 Å². The summed E-state index contributed by atoms with van der Waals surface area (Å²) >= 11 is 0. The molecule has 0 N–H and O–H groups in total. The highest BCUT2D eigenvalue weighted by molar-refractivity contribution is 6.74. The second-order valence-corrected chi connectivity index (χ2v) is 13.3. The Morgan fingerprint density at radius 2 is 1.46 bits per heavy atom. The lowest BCUT2D eigenvalue weighted by molar-refractivity contribution is 0.336. The first-order valence-corrected chi connectivity index (χ1v) is 12.1. The number of hydrogen-bond acceptors (Lipinski definition) is 3. The first-order chi connectivity index (χ1) is 12.3. The molecule has 2 aliphatic heterocycles. The third-order valence-corrected chi connectivity index (χ3v) is 10.1. The minimum absolute atomic E-state index is 0.167. The zero-order chi connectivity index (χ0) is 18.5. The highest BCUT2D eigenvalue weighted by Gasteiger charge is 2.39.